The molecule has 0 unspecified atom stereocenters. The number of benzene rings is 1. The zero-order valence-electron chi connectivity index (χ0n) is 10.2. The highest BCUT2D eigenvalue weighted by Crippen LogP contribution is 2.12. The molecule has 0 saturated carbocycles. The summed E-state index contributed by atoms with van der Waals surface area (Å²) in [5.74, 6) is -0.863. The number of aliphatic carboxylic acids is 1. The molecule has 0 bridgehead atoms. The molecule has 0 atom stereocenters. The number of carbonyl (C=O) groups is 1. The third-order valence-electron chi connectivity index (χ3n) is 2.69. The highest BCUT2D eigenvalue weighted by molar-refractivity contribution is 5.70. The third kappa shape index (κ3) is 4.83. The summed E-state index contributed by atoms with van der Waals surface area (Å²) in [4.78, 5) is 12.7. The summed E-state index contributed by atoms with van der Waals surface area (Å²) in [5.41, 5.74) is 1.69. The molecule has 0 spiro atoms. The second-order valence-corrected chi connectivity index (χ2v) is 4.06. The number of hydrogen-bond acceptors (Lipinski definition) is 4. The summed E-state index contributed by atoms with van der Waals surface area (Å²) in [6.45, 7) is 1.48. The van der Waals surface area contributed by atoms with Gasteiger partial charge in [-0.3, -0.25) is 9.69 Å². The van der Waals surface area contributed by atoms with Crippen molar-refractivity contribution in [1.29, 1.82) is 0 Å². The fourth-order valence-electron chi connectivity index (χ4n) is 1.84. The molecule has 1 rings (SSSR count). The average molecular weight is 253 g/mol. The molecule has 5 nitrogen and oxygen atoms in total. The van der Waals surface area contributed by atoms with Crippen molar-refractivity contribution in [2.45, 2.75) is 13.0 Å². The molecule has 18 heavy (non-hydrogen) atoms. The van der Waals surface area contributed by atoms with Crippen LogP contribution in [0.25, 0.3) is 0 Å². The molecule has 0 fully saturated rings. The van der Waals surface area contributed by atoms with Gasteiger partial charge in [0.25, 0.3) is 0 Å². The quantitative estimate of drug-likeness (QED) is 0.612. The largest absolute Gasteiger partial charge is 0.481 e. The normalized spacial score (nSPS) is 10.8. The standard InChI is InChI=1S/C13H19NO4/c15-7-5-14(6-8-16)10-12-4-2-1-3-11(12)9-13(17)18/h1-4,15-16H,5-10H2,(H,17,18). The topological polar surface area (TPSA) is 81.0 Å². The predicted molar refractivity (Wildman–Crippen MR) is 67.2 cm³/mol. The van der Waals surface area contributed by atoms with Crippen LogP contribution in [0, 0.1) is 0 Å². The maximum absolute atomic E-state index is 10.8. The Labute approximate surface area is 106 Å². The van der Waals surface area contributed by atoms with E-state index in [9.17, 15) is 4.79 Å². The lowest BCUT2D eigenvalue weighted by Gasteiger charge is -2.21. The first-order valence-corrected chi connectivity index (χ1v) is 5.90. The van der Waals surface area contributed by atoms with Crippen molar-refractivity contribution in [2.24, 2.45) is 0 Å². The Morgan fingerprint density at radius 1 is 1.06 bits per heavy atom. The summed E-state index contributed by atoms with van der Waals surface area (Å²) in [6.07, 6.45) is -0.0116. The highest BCUT2D eigenvalue weighted by atomic mass is 16.4. The average Bonchev–Trinajstić information content (AvgIpc) is 2.31. The number of carboxylic acids is 1. The van der Waals surface area contributed by atoms with Crippen LogP contribution in [0.1, 0.15) is 11.1 Å². The Balaban J connectivity index is 2.77. The van der Waals surface area contributed by atoms with Crippen molar-refractivity contribution in [3.63, 3.8) is 0 Å². The number of rotatable bonds is 8. The van der Waals surface area contributed by atoms with Gasteiger partial charge in [-0.05, 0) is 11.1 Å². The van der Waals surface area contributed by atoms with Crippen LogP contribution < -0.4 is 0 Å². The highest BCUT2D eigenvalue weighted by Gasteiger charge is 2.10. The smallest absolute Gasteiger partial charge is 0.307 e. The first-order chi connectivity index (χ1) is 8.67. The van der Waals surface area contributed by atoms with Crippen LogP contribution in [0.3, 0.4) is 0 Å². The summed E-state index contributed by atoms with van der Waals surface area (Å²) in [6, 6.07) is 7.33. The second kappa shape index (κ2) is 7.81. The Bertz CT molecular complexity index is 375. The fourth-order valence-corrected chi connectivity index (χ4v) is 1.84. The van der Waals surface area contributed by atoms with Gasteiger partial charge in [0, 0.05) is 19.6 Å². The van der Waals surface area contributed by atoms with E-state index in [1.807, 2.05) is 23.1 Å². The summed E-state index contributed by atoms with van der Waals surface area (Å²) in [5, 5.41) is 26.7. The van der Waals surface area contributed by atoms with Gasteiger partial charge in [0.05, 0.1) is 19.6 Å². The Hall–Kier alpha value is -1.43. The number of carboxylic acid groups (broad SMARTS) is 1. The summed E-state index contributed by atoms with van der Waals surface area (Å²) < 4.78 is 0. The van der Waals surface area contributed by atoms with Gasteiger partial charge < -0.3 is 15.3 Å². The molecule has 0 aromatic heterocycles. The summed E-state index contributed by atoms with van der Waals surface area (Å²) in [7, 11) is 0. The number of nitrogens with zero attached hydrogens (tertiary/aromatic N) is 1. The Morgan fingerprint density at radius 2 is 1.61 bits per heavy atom. The molecule has 0 radical (unpaired) electrons. The second-order valence-electron chi connectivity index (χ2n) is 4.06. The van der Waals surface area contributed by atoms with Crippen LogP contribution in [-0.4, -0.2) is 52.5 Å². The van der Waals surface area contributed by atoms with Crippen LogP contribution in [0.4, 0.5) is 0 Å². The summed E-state index contributed by atoms with van der Waals surface area (Å²) >= 11 is 0. The third-order valence-corrected chi connectivity index (χ3v) is 2.69. The van der Waals surface area contributed by atoms with E-state index in [1.54, 1.807) is 6.07 Å². The molecule has 3 N–H and O–H groups in total. The molecule has 1 aromatic rings. The molecule has 0 heterocycles. The number of aliphatic hydroxyl groups is 2. The van der Waals surface area contributed by atoms with Gasteiger partial charge in [0.2, 0.25) is 0 Å². The maximum atomic E-state index is 10.8. The van der Waals surface area contributed by atoms with Crippen LogP contribution in [0.15, 0.2) is 24.3 Å². The molecule has 0 aliphatic rings. The molecule has 1 aromatic carbocycles. The van der Waals surface area contributed by atoms with E-state index in [4.69, 9.17) is 15.3 Å². The van der Waals surface area contributed by atoms with Crippen molar-refractivity contribution in [1.82, 2.24) is 4.90 Å². The molecule has 5 heteroatoms. The van der Waals surface area contributed by atoms with Gasteiger partial charge >= 0.3 is 5.97 Å². The zero-order valence-corrected chi connectivity index (χ0v) is 10.2. The van der Waals surface area contributed by atoms with Gasteiger partial charge in [-0.2, -0.15) is 0 Å². The van der Waals surface area contributed by atoms with E-state index < -0.39 is 5.97 Å². The van der Waals surface area contributed by atoms with Gasteiger partial charge in [-0.15, -0.1) is 0 Å². The van der Waals surface area contributed by atoms with Crippen molar-refractivity contribution in [3.05, 3.63) is 35.4 Å². The lowest BCUT2D eigenvalue weighted by molar-refractivity contribution is -0.136. The van der Waals surface area contributed by atoms with E-state index in [0.717, 1.165) is 11.1 Å². The minimum Gasteiger partial charge on any atom is -0.481 e. The minimum absolute atomic E-state index is 0.0116. The Morgan fingerprint density at radius 3 is 2.11 bits per heavy atom. The Kier molecular flexibility index (Phi) is 6.35. The molecule has 0 aliphatic heterocycles. The maximum Gasteiger partial charge on any atom is 0.307 e. The molecule has 0 aliphatic carbocycles. The SMILES string of the molecule is O=C(O)Cc1ccccc1CN(CCO)CCO. The van der Waals surface area contributed by atoms with Crippen molar-refractivity contribution >= 4 is 5.97 Å². The van der Waals surface area contributed by atoms with Gasteiger partial charge in [-0.25, -0.2) is 0 Å². The van der Waals surface area contributed by atoms with E-state index in [0.29, 0.717) is 19.6 Å². The van der Waals surface area contributed by atoms with Crippen LogP contribution in [0.5, 0.6) is 0 Å². The minimum atomic E-state index is -0.863. The molecule has 0 amide bonds. The van der Waals surface area contributed by atoms with E-state index in [2.05, 4.69) is 0 Å². The van der Waals surface area contributed by atoms with E-state index in [1.165, 1.54) is 0 Å². The predicted octanol–water partition coefficient (Wildman–Crippen LogP) is 0.100. The lowest BCUT2D eigenvalue weighted by atomic mass is 10.0. The van der Waals surface area contributed by atoms with Crippen molar-refractivity contribution in [2.75, 3.05) is 26.3 Å². The first-order valence-electron chi connectivity index (χ1n) is 5.90. The lowest BCUT2D eigenvalue weighted by Crippen LogP contribution is -2.29. The van der Waals surface area contributed by atoms with Crippen LogP contribution in [0.2, 0.25) is 0 Å². The van der Waals surface area contributed by atoms with Gasteiger partial charge in [0.15, 0.2) is 0 Å². The molecule has 100 valence electrons. The molecule has 0 saturated heterocycles. The van der Waals surface area contributed by atoms with Crippen molar-refractivity contribution in [3.8, 4) is 0 Å². The first kappa shape index (κ1) is 14.6. The van der Waals surface area contributed by atoms with Gasteiger partial charge in [0.1, 0.15) is 0 Å². The van der Waals surface area contributed by atoms with E-state index in [-0.39, 0.29) is 19.6 Å². The monoisotopic (exact) mass is 253 g/mol. The molecular formula is C13H19NO4. The zero-order chi connectivity index (χ0) is 13.4. The number of aliphatic hydroxyl groups excluding tert-OH is 2. The van der Waals surface area contributed by atoms with Crippen LogP contribution in [-0.2, 0) is 17.8 Å². The number of hydrogen-bond donors (Lipinski definition) is 3. The fraction of sp³-hybridized carbons (Fsp3) is 0.462. The van der Waals surface area contributed by atoms with E-state index >= 15 is 0 Å². The van der Waals surface area contributed by atoms with Crippen molar-refractivity contribution < 1.29 is 20.1 Å². The van der Waals surface area contributed by atoms with Gasteiger partial charge in [-0.1, -0.05) is 24.3 Å². The molecular weight excluding hydrogens is 234 g/mol. The van der Waals surface area contributed by atoms with Crippen LogP contribution >= 0.6 is 0 Å².